The molecule has 0 aliphatic rings. The van der Waals surface area contributed by atoms with Gasteiger partial charge in [0.25, 0.3) is 5.91 Å². The van der Waals surface area contributed by atoms with Crippen LogP contribution in [0.15, 0.2) is 12.1 Å². The van der Waals surface area contributed by atoms with Crippen LogP contribution in [0.2, 0.25) is 5.02 Å². The van der Waals surface area contributed by atoms with Crippen molar-refractivity contribution in [1.82, 2.24) is 25.5 Å². The average Bonchev–Trinajstić information content (AvgIpc) is 3.05. The Balaban J connectivity index is 2.06. The van der Waals surface area contributed by atoms with Crippen LogP contribution in [-0.2, 0) is 17.9 Å². The van der Waals surface area contributed by atoms with Gasteiger partial charge in [0.15, 0.2) is 18.1 Å². The SMILES string of the molecule is CCCn1nnnc1NCc1cc(OC)c(OCC(=O)NC(C)(C)C)cc1Cl. The highest BCUT2D eigenvalue weighted by atomic mass is 35.5. The van der Waals surface area contributed by atoms with Gasteiger partial charge in [-0.1, -0.05) is 23.6 Å². The normalized spacial score (nSPS) is 11.2. The highest BCUT2D eigenvalue weighted by Gasteiger charge is 2.16. The van der Waals surface area contributed by atoms with Gasteiger partial charge in [0.1, 0.15) is 0 Å². The molecule has 0 atom stereocenters. The first kappa shape index (κ1) is 21.7. The number of nitrogens with one attached hydrogen (secondary N) is 2. The number of aryl methyl sites for hydroxylation is 1. The van der Waals surface area contributed by atoms with E-state index in [2.05, 4.69) is 26.2 Å². The minimum atomic E-state index is -0.328. The second kappa shape index (κ2) is 9.59. The van der Waals surface area contributed by atoms with Gasteiger partial charge < -0.3 is 20.1 Å². The molecule has 2 rings (SSSR count). The number of anilines is 1. The first-order chi connectivity index (χ1) is 13.2. The Labute approximate surface area is 169 Å². The topological polar surface area (TPSA) is 103 Å². The number of carbonyl (C=O) groups is 1. The number of aromatic nitrogens is 4. The number of halogens is 1. The van der Waals surface area contributed by atoms with Gasteiger partial charge in [-0.3, -0.25) is 4.79 Å². The Kier molecular flexibility index (Phi) is 7.45. The second-order valence-corrected chi connectivity index (χ2v) is 7.67. The molecule has 0 saturated heterocycles. The zero-order chi connectivity index (χ0) is 20.7. The van der Waals surface area contributed by atoms with Crippen LogP contribution in [0.25, 0.3) is 0 Å². The number of benzene rings is 1. The number of rotatable bonds is 9. The minimum absolute atomic E-state index is 0.132. The van der Waals surface area contributed by atoms with Crippen LogP contribution in [0.1, 0.15) is 39.7 Å². The molecule has 9 nitrogen and oxygen atoms in total. The molecule has 28 heavy (non-hydrogen) atoms. The highest BCUT2D eigenvalue weighted by Crippen LogP contribution is 2.33. The number of hydrogen-bond donors (Lipinski definition) is 2. The van der Waals surface area contributed by atoms with Crippen LogP contribution in [0.5, 0.6) is 11.5 Å². The van der Waals surface area contributed by atoms with Gasteiger partial charge in [0, 0.05) is 29.7 Å². The third-order valence-corrected chi connectivity index (χ3v) is 3.96. The quantitative estimate of drug-likeness (QED) is 0.654. The molecule has 0 bridgehead atoms. The molecule has 1 aromatic heterocycles. The van der Waals surface area contributed by atoms with E-state index in [0.29, 0.717) is 29.0 Å². The van der Waals surface area contributed by atoms with Gasteiger partial charge in [-0.2, -0.15) is 0 Å². The van der Waals surface area contributed by atoms with Gasteiger partial charge >= 0.3 is 0 Å². The van der Waals surface area contributed by atoms with Crippen molar-refractivity contribution in [1.29, 1.82) is 0 Å². The third-order valence-electron chi connectivity index (χ3n) is 3.61. The molecule has 1 heterocycles. The summed E-state index contributed by atoms with van der Waals surface area (Å²) in [5, 5.41) is 18.1. The summed E-state index contributed by atoms with van der Waals surface area (Å²) >= 11 is 6.39. The lowest BCUT2D eigenvalue weighted by atomic mass is 10.1. The Morgan fingerprint density at radius 2 is 2.04 bits per heavy atom. The molecule has 10 heteroatoms. The summed E-state index contributed by atoms with van der Waals surface area (Å²) in [4.78, 5) is 12.0. The number of ether oxygens (including phenoxy) is 2. The van der Waals surface area contributed by atoms with E-state index in [9.17, 15) is 4.79 Å². The van der Waals surface area contributed by atoms with E-state index in [1.165, 1.54) is 7.11 Å². The summed E-state index contributed by atoms with van der Waals surface area (Å²) in [7, 11) is 1.53. The van der Waals surface area contributed by atoms with Gasteiger partial charge in [0.2, 0.25) is 5.95 Å². The largest absolute Gasteiger partial charge is 0.493 e. The van der Waals surface area contributed by atoms with E-state index >= 15 is 0 Å². The molecule has 0 aliphatic heterocycles. The van der Waals surface area contributed by atoms with E-state index in [1.807, 2.05) is 27.7 Å². The zero-order valence-corrected chi connectivity index (χ0v) is 17.6. The average molecular weight is 411 g/mol. The number of hydrogen-bond acceptors (Lipinski definition) is 7. The van der Waals surface area contributed by atoms with Crippen molar-refractivity contribution in [2.75, 3.05) is 19.0 Å². The van der Waals surface area contributed by atoms with Crippen molar-refractivity contribution < 1.29 is 14.3 Å². The molecule has 0 spiro atoms. The summed E-state index contributed by atoms with van der Waals surface area (Å²) in [5.41, 5.74) is 0.460. The number of carbonyl (C=O) groups excluding carboxylic acids is 1. The second-order valence-electron chi connectivity index (χ2n) is 7.26. The third kappa shape index (κ3) is 6.26. The monoisotopic (exact) mass is 410 g/mol. The van der Waals surface area contributed by atoms with Gasteiger partial charge in [-0.25, -0.2) is 4.68 Å². The lowest BCUT2D eigenvalue weighted by Gasteiger charge is -2.21. The van der Waals surface area contributed by atoms with Crippen molar-refractivity contribution in [3.63, 3.8) is 0 Å². The fraction of sp³-hybridized carbons (Fsp3) is 0.556. The van der Waals surface area contributed by atoms with Crippen molar-refractivity contribution in [3.05, 3.63) is 22.7 Å². The Morgan fingerprint density at radius 1 is 1.29 bits per heavy atom. The van der Waals surface area contributed by atoms with Gasteiger partial charge in [0.05, 0.1) is 7.11 Å². The maximum Gasteiger partial charge on any atom is 0.258 e. The number of nitrogens with zero attached hydrogens (tertiary/aromatic N) is 4. The predicted octanol–water partition coefficient (Wildman–Crippen LogP) is 2.65. The summed E-state index contributed by atoms with van der Waals surface area (Å²) in [6, 6.07) is 3.40. The predicted molar refractivity (Wildman–Crippen MR) is 107 cm³/mol. The summed E-state index contributed by atoms with van der Waals surface area (Å²) in [6.45, 7) is 8.75. The molecule has 2 aromatic rings. The van der Waals surface area contributed by atoms with E-state index in [-0.39, 0.29) is 18.1 Å². The minimum Gasteiger partial charge on any atom is -0.493 e. The standard InChI is InChI=1S/C18H27ClN6O3/c1-6-7-25-17(22-23-24-25)20-10-12-8-14(27-5)15(9-13(12)19)28-11-16(26)21-18(2,3)4/h8-9H,6-7,10-11H2,1-5H3,(H,21,26)(H,20,22,24). The number of tetrazole rings is 1. The maximum atomic E-state index is 12.0. The van der Waals surface area contributed by atoms with Crippen LogP contribution < -0.4 is 20.1 Å². The Bertz CT molecular complexity index is 803. The van der Waals surface area contributed by atoms with Crippen LogP contribution in [0, 0.1) is 0 Å². The molecule has 1 amide bonds. The zero-order valence-electron chi connectivity index (χ0n) is 16.9. The molecule has 0 radical (unpaired) electrons. The number of methoxy groups -OCH3 is 1. The molecule has 0 fully saturated rings. The fourth-order valence-corrected chi connectivity index (χ4v) is 2.67. The first-order valence-electron chi connectivity index (χ1n) is 9.03. The summed E-state index contributed by atoms with van der Waals surface area (Å²) < 4.78 is 12.7. The van der Waals surface area contributed by atoms with Crippen molar-refractivity contribution >= 4 is 23.5 Å². The van der Waals surface area contributed by atoms with Crippen molar-refractivity contribution in [2.24, 2.45) is 0 Å². The van der Waals surface area contributed by atoms with E-state index < -0.39 is 0 Å². The summed E-state index contributed by atoms with van der Waals surface area (Å²) in [5.74, 6) is 1.23. The number of amides is 1. The smallest absolute Gasteiger partial charge is 0.258 e. The Morgan fingerprint density at radius 3 is 2.68 bits per heavy atom. The lowest BCUT2D eigenvalue weighted by Crippen LogP contribution is -2.43. The highest BCUT2D eigenvalue weighted by molar-refractivity contribution is 6.31. The maximum absolute atomic E-state index is 12.0. The van der Waals surface area contributed by atoms with Crippen molar-refractivity contribution in [2.45, 2.75) is 52.7 Å². The van der Waals surface area contributed by atoms with Crippen LogP contribution >= 0.6 is 11.6 Å². The molecule has 0 aliphatic carbocycles. The van der Waals surface area contributed by atoms with Crippen molar-refractivity contribution in [3.8, 4) is 11.5 Å². The van der Waals surface area contributed by atoms with Crippen LogP contribution in [-0.4, -0.2) is 45.4 Å². The summed E-state index contributed by atoms with van der Waals surface area (Å²) in [6.07, 6.45) is 0.920. The molecule has 0 saturated carbocycles. The fourth-order valence-electron chi connectivity index (χ4n) is 2.45. The van der Waals surface area contributed by atoms with E-state index in [4.69, 9.17) is 21.1 Å². The molecule has 0 unspecified atom stereocenters. The van der Waals surface area contributed by atoms with Gasteiger partial charge in [-0.05, 0) is 49.2 Å². The molecule has 1 aromatic carbocycles. The Hall–Kier alpha value is -2.55. The molecular formula is C18H27ClN6O3. The molecular weight excluding hydrogens is 384 g/mol. The lowest BCUT2D eigenvalue weighted by molar-refractivity contribution is -0.124. The van der Waals surface area contributed by atoms with E-state index in [1.54, 1.807) is 16.8 Å². The molecule has 154 valence electrons. The van der Waals surface area contributed by atoms with E-state index in [0.717, 1.165) is 18.5 Å². The van der Waals surface area contributed by atoms with Crippen LogP contribution in [0.4, 0.5) is 5.95 Å². The first-order valence-corrected chi connectivity index (χ1v) is 9.41. The van der Waals surface area contributed by atoms with Crippen LogP contribution in [0.3, 0.4) is 0 Å². The van der Waals surface area contributed by atoms with Gasteiger partial charge in [-0.15, -0.1) is 0 Å². The molecule has 2 N–H and O–H groups in total.